The van der Waals surface area contributed by atoms with E-state index in [4.69, 9.17) is 0 Å². The molecule has 0 fully saturated rings. The second-order valence-corrected chi connectivity index (χ2v) is 12.7. The summed E-state index contributed by atoms with van der Waals surface area (Å²) < 4.78 is 2.50. The second kappa shape index (κ2) is 8.89. The van der Waals surface area contributed by atoms with Crippen LogP contribution >= 0.6 is 7.53 Å². The molecule has 0 spiro atoms. The summed E-state index contributed by atoms with van der Waals surface area (Å²) in [7, 11) is -0.290. The molecule has 3 aromatic rings. The molecule has 0 radical (unpaired) electrons. The van der Waals surface area contributed by atoms with Crippen molar-refractivity contribution in [3.8, 4) is 0 Å². The van der Waals surface area contributed by atoms with Gasteiger partial charge in [-0.25, -0.2) is 0 Å². The van der Waals surface area contributed by atoms with E-state index in [1.165, 1.54) is 28.3 Å². The summed E-state index contributed by atoms with van der Waals surface area (Å²) in [5.74, 6) is 5.07. The van der Waals surface area contributed by atoms with Crippen molar-refractivity contribution in [1.82, 2.24) is 0 Å². The van der Waals surface area contributed by atoms with Gasteiger partial charge in [-0.15, -0.1) is 0 Å². The van der Waals surface area contributed by atoms with Gasteiger partial charge in [0.2, 0.25) is 0 Å². The van der Waals surface area contributed by atoms with Crippen LogP contribution in [0.25, 0.3) is 22.2 Å². The number of hydrogen-bond acceptors (Lipinski definition) is 0. The SMILES string of the molecule is CC1=CC[C]([Zr+2][CH]2C(p3cc4ccccc4c3)=Cc3ccccc32)=C1C.[Cl-].[Cl-]. The Morgan fingerprint density at radius 1 is 0.893 bits per heavy atom. The smallest absolute Gasteiger partial charge is 1.00 e. The number of benzene rings is 2. The summed E-state index contributed by atoms with van der Waals surface area (Å²) in [5, 5.41) is 4.55. The second-order valence-electron chi connectivity index (χ2n) is 7.26. The number of rotatable bonds is 3. The predicted octanol–water partition coefficient (Wildman–Crippen LogP) is 1.59. The van der Waals surface area contributed by atoms with Crippen LogP contribution in [0.3, 0.4) is 0 Å². The van der Waals surface area contributed by atoms with Gasteiger partial charge >= 0.3 is 169 Å². The van der Waals surface area contributed by atoms with E-state index in [-0.39, 0.29) is 32.3 Å². The molecule has 2 aromatic carbocycles. The van der Waals surface area contributed by atoms with E-state index in [1.54, 1.807) is 19.7 Å². The van der Waals surface area contributed by atoms with Crippen LogP contribution in [0, 0.1) is 0 Å². The van der Waals surface area contributed by atoms with Crippen LogP contribution in [0.2, 0.25) is 0 Å². The third-order valence-electron chi connectivity index (χ3n) is 5.73. The molecule has 0 saturated carbocycles. The Balaban J connectivity index is 0.00000112. The number of hydrogen-bond donors (Lipinski definition) is 0. The van der Waals surface area contributed by atoms with Crippen LogP contribution in [-0.2, 0) is 23.2 Å². The normalized spacial score (nSPS) is 17.4. The van der Waals surface area contributed by atoms with Crippen LogP contribution in [0.4, 0.5) is 0 Å². The van der Waals surface area contributed by atoms with Crippen LogP contribution < -0.4 is 24.8 Å². The van der Waals surface area contributed by atoms with E-state index in [2.05, 4.69) is 86.1 Å². The molecule has 140 valence electrons. The molecular weight excluding hydrogens is 481 g/mol. The minimum absolute atomic E-state index is 0. The Hall–Kier alpha value is -0.837. The molecule has 0 saturated heterocycles. The van der Waals surface area contributed by atoms with E-state index in [1.807, 2.05) is 0 Å². The van der Waals surface area contributed by atoms with Gasteiger partial charge in [-0.05, 0) is 0 Å². The number of fused-ring (bicyclic) bond motifs is 2. The molecule has 5 rings (SSSR count). The Morgan fingerprint density at radius 2 is 1.54 bits per heavy atom. The minimum atomic E-state index is -0.695. The van der Waals surface area contributed by atoms with E-state index in [0.717, 1.165) is 0 Å². The summed E-state index contributed by atoms with van der Waals surface area (Å²) >= 11 is -0.695. The van der Waals surface area contributed by atoms with Gasteiger partial charge in [0.1, 0.15) is 0 Å². The molecule has 2 aliphatic rings. The summed E-state index contributed by atoms with van der Waals surface area (Å²) in [5.41, 5.74) is 6.17. The van der Waals surface area contributed by atoms with Crippen LogP contribution in [-0.4, -0.2) is 0 Å². The van der Waals surface area contributed by atoms with Gasteiger partial charge < -0.3 is 24.8 Å². The molecule has 4 heteroatoms. The van der Waals surface area contributed by atoms with Gasteiger partial charge in [0.25, 0.3) is 0 Å². The van der Waals surface area contributed by atoms with Gasteiger partial charge in [-0.1, -0.05) is 0 Å². The fraction of sp³-hybridized carbons (Fsp3) is 0.167. The van der Waals surface area contributed by atoms with Gasteiger partial charge in [-0.3, -0.25) is 0 Å². The molecule has 0 aliphatic heterocycles. The first-order chi connectivity index (χ1) is 12.7. The average molecular weight is 503 g/mol. The Morgan fingerprint density at radius 3 is 2.18 bits per heavy atom. The molecule has 2 aliphatic carbocycles. The van der Waals surface area contributed by atoms with Crippen molar-refractivity contribution in [2.75, 3.05) is 0 Å². The molecule has 0 N–H and O–H groups in total. The van der Waals surface area contributed by atoms with E-state index in [9.17, 15) is 0 Å². The van der Waals surface area contributed by atoms with Crippen LogP contribution in [0.1, 0.15) is 35.0 Å². The van der Waals surface area contributed by atoms with Gasteiger partial charge in [-0.2, -0.15) is 0 Å². The Labute approximate surface area is 192 Å². The van der Waals surface area contributed by atoms with Crippen LogP contribution in [0.5, 0.6) is 0 Å². The first kappa shape index (κ1) is 21.9. The number of halogens is 2. The molecule has 28 heavy (non-hydrogen) atoms. The van der Waals surface area contributed by atoms with Gasteiger partial charge in [0.05, 0.1) is 0 Å². The molecule has 1 unspecified atom stereocenters. The van der Waals surface area contributed by atoms with Crippen LogP contribution in [0.15, 0.2) is 80.6 Å². The molecule has 0 nitrogen and oxygen atoms in total. The van der Waals surface area contributed by atoms with Crippen molar-refractivity contribution >= 4 is 29.7 Å². The zero-order valence-electron chi connectivity index (χ0n) is 15.9. The Kier molecular flexibility index (Phi) is 6.94. The summed E-state index contributed by atoms with van der Waals surface area (Å²) in [6.45, 7) is 4.62. The maximum Gasteiger partial charge on any atom is -1.00 e. The molecule has 1 heterocycles. The third kappa shape index (κ3) is 3.80. The molecular formula is C24H21Cl2PZr. The molecule has 0 bridgehead atoms. The summed E-state index contributed by atoms with van der Waals surface area (Å²) in [6.07, 6.45) is 6.17. The minimum Gasteiger partial charge on any atom is -1.00 e. The first-order valence-corrected chi connectivity index (χ1v) is 13.3. The van der Waals surface area contributed by atoms with Gasteiger partial charge in [0.15, 0.2) is 0 Å². The van der Waals surface area contributed by atoms with E-state index in [0.29, 0.717) is 3.63 Å². The maximum absolute atomic E-state index is 2.54. The third-order valence-corrected chi connectivity index (χ3v) is 12.9. The first-order valence-electron chi connectivity index (χ1n) is 9.22. The van der Waals surface area contributed by atoms with Crippen molar-refractivity contribution in [1.29, 1.82) is 0 Å². The monoisotopic (exact) mass is 500 g/mol. The van der Waals surface area contributed by atoms with Crippen molar-refractivity contribution in [3.05, 3.63) is 91.8 Å². The van der Waals surface area contributed by atoms with E-state index < -0.39 is 23.2 Å². The van der Waals surface area contributed by atoms with Crippen molar-refractivity contribution in [2.45, 2.75) is 23.9 Å². The largest absolute Gasteiger partial charge is 1.00 e. The zero-order valence-corrected chi connectivity index (χ0v) is 20.8. The predicted molar refractivity (Wildman–Crippen MR) is 111 cm³/mol. The fourth-order valence-electron chi connectivity index (χ4n) is 4.06. The zero-order chi connectivity index (χ0) is 17.7. The van der Waals surface area contributed by atoms with E-state index >= 15 is 0 Å². The van der Waals surface area contributed by atoms with Gasteiger partial charge in [0, 0.05) is 0 Å². The molecule has 0 amide bonds. The molecule has 1 aromatic heterocycles. The van der Waals surface area contributed by atoms with Crippen molar-refractivity contribution in [2.24, 2.45) is 0 Å². The van der Waals surface area contributed by atoms with Crippen molar-refractivity contribution in [3.63, 3.8) is 0 Å². The number of allylic oxidation sites excluding steroid dienone is 5. The standard InChI is InChI=1S/C17H12P.C7H9.2ClH.Zr/c1-2-6-14-10-17(9-13(14)5-1)18-11-15-7-3-4-8-16(15)12-18;1-6-4-3-5-7(6)2;;;/h1-12H;4H,3H2,1-2H3;2*1H;/q;;;;+2/p-2. The average Bonchev–Trinajstić information content (AvgIpc) is 3.33. The fourth-order valence-corrected chi connectivity index (χ4v) is 11.7. The quantitative estimate of drug-likeness (QED) is 0.511. The summed E-state index contributed by atoms with van der Waals surface area (Å²) in [6, 6.07) is 18.0. The van der Waals surface area contributed by atoms with Crippen molar-refractivity contribution < 1.29 is 48.0 Å². The summed E-state index contributed by atoms with van der Waals surface area (Å²) in [4.78, 5) is 0. The molecule has 1 atom stereocenters. The Bertz CT molecular complexity index is 1090. The maximum atomic E-state index is 2.54. The topological polar surface area (TPSA) is 0 Å².